The first kappa shape index (κ1) is 111. The van der Waals surface area contributed by atoms with E-state index in [-0.39, 0.29) is 43.1 Å². The minimum Gasteiger partial charge on any atom is -0.463 e. The lowest BCUT2D eigenvalue weighted by Crippen LogP contribution is -2.70. The van der Waals surface area contributed by atoms with E-state index in [2.05, 4.69) is 38.7 Å². The molecule has 0 unspecified atom stereocenters. The Morgan fingerprint density at radius 3 is 1.79 bits per heavy atom. The number of aliphatic hydroxyl groups is 20. The average Bonchev–Trinajstić information content (AvgIpc) is 0.747. The molecule has 0 aromatic heterocycles. The molecule has 8 heterocycles. The molecule has 8 saturated heterocycles. The second kappa shape index (κ2) is 44.1. The molecule has 796 valence electrons. The largest absolute Gasteiger partial charge is 0.463 e. The summed E-state index contributed by atoms with van der Waals surface area (Å²) in [6, 6.07) is 6.93. The van der Waals surface area contributed by atoms with E-state index in [0.29, 0.717) is 37.7 Å². The number of rotatable bonds is 31. The molecule has 8 aliphatic heterocycles. The highest BCUT2D eigenvalue weighted by Gasteiger charge is 2.74. The molecular formula is C96H143NO44. The van der Waals surface area contributed by atoms with E-state index in [9.17, 15) is 121 Å². The summed E-state index contributed by atoms with van der Waals surface area (Å²) in [6.45, 7) is 16.2. The van der Waals surface area contributed by atoms with Crippen LogP contribution in [0.15, 0.2) is 72.4 Å². The van der Waals surface area contributed by atoms with Crippen molar-refractivity contribution in [2.45, 2.75) is 373 Å². The quantitative estimate of drug-likeness (QED) is 0.0110. The monoisotopic (exact) mass is 2010 g/mol. The number of benzene rings is 1. The van der Waals surface area contributed by atoms with E-state index in [1.807, 2.05) is 27.7 Å². The van der Waals surface area contributed by atoms with Crippen molar-refractivity contribution in [1.82, 2.24) is 5.32 Å². The zero-order valence-corrected chi connectivity index (χ0v) is 80.7. The molecule has 1 amide bonds. The van der Waals surface area contributed by atoms with E-state index in [0.717, 1.165) is 18.6 Å². The summed E-state index contributed by atoms with van der Waals surface area (Å²) in [5, 5.41) is 231. The molecule has 4 saturated carbocycles. The van der Waals surface area contributed by atoms with Gasteiger partial charge in [0.25, 0.3) is 0 Å². The van der Waals surface area contributed by atoms with Crippen molar-refractivity contribution in [2.24, 2.45) is 50.2 Å². The molecule has 21 N–H and O–H groups in total. The molecule has 0 bridgehead atoms. The third-order valence-corrected chi connectivity index (χ3v) is 32.4. The zero-order chi connectivity index (χ0) is 103. The van der Waals surface area contributed by atoms with Gasteiger partial charge in [-0.1, -0.05) is 103 Å². The third kappa shape index (κ3) is 22.2. The van der Waals surface area contributed by atoms with Crippen LogP contribution in [0.5, 0.6) is 0 Å². The van der Waals surface area contributed by atoms with Crippen LogP contribution in [0.25, 0.3) is 6.08 Å². The Bertz CT molecular complexity index is 4540. The normalized spacial score (nSPS) is 46.5. The summed E-state index contributed by atoms with van der Waals surface area (Å²) in [4.78, 5) is 71.8. The topological polar surface area (TPSA) is 677 Å². The van der Waals surface area contributed by atoms with Gasteiger partial charge in [0, 0.05) is 25.5 Å². The lowest BCUT2D eigenvalue weighted by Gasteiger charge is -2.72. The van der Waals surface area contributed by atoms with Crippen molar-refractivity contribution in [3.63, 3.8) is 0 Å². The van der Waals surface area contributed by atoms with Crippen LogP contribution in [0.1, 0.15) is 146 Å². The highest BCUT2D eigenvalue weighted by Crippen LogP contribution is 2.76. The highest BCUT2D eigenvalue weighted by atomic mass is 16.8. The summed E-state index contributed by atoms with van der Waals surface area (Å²) in [6.07, 6.45) is -55.0. The molecule has 1 aromatic rings. The van der Waals surface area contributed by atoms with Gasteiger partial charge in [-0.25, -0.2) is 9.59 Å². The van der Waals surface area contributed by atoms with Crippen molar-refractivity contribution in [3.8, 4) is 0 Å². The molecule has 45 nitrogen and oxygen atoms in total. The zero-order valence-electron chi connectivity index (χ0n) is 80.7. The van der Waals surface area contributed by atoms with Crippen molar-refractivity contribution < 1.29 is 216 Å². The number of hydrogen-bond acceptors (Lipinski definition) is 44. The Labute approximate surface area is 814 Å². The summed E-state index contributed by atoms with van der Waals surface area (Å²) < 4.78 is 117. The van der Waals surface area contributed by atoms with Gasteiger partial charge < -0.3 is 197 Å². The standard InChI is InChI=1S/C96H143NO44/c1-13-91(9,121)27-17-18-42(2)79(119)135-73-51(105)37-127-85(76(73)134-60(108)24-21-45-19-15-14-16-20-45)139-75-64(111)53(38-123-44(4)101)131-86(77(75)140-83-70(117)72(50(104)36-126-83)137-87-78(118)95(122,40-99)41-129-87)141-88(120)96-32-57(106)89(5,6)30-47(96)46-22-23-56-92(10)28-26-59(90(7,8)55(92)25-29-93(56,11)94(46,12)31-58(96)107)133-80-61(97-43(3)100)65(112)74(138-84-68(115)66(113)63(110)52(33-98)130-84)54(132-80)39-128-81-69(116)71(49(103)35-124-81)136-82-67(114)62(109)48(102)34-125-82/h13-16,18-22,24,47-59,61-78,80-87,98-99,102-107,109-118,121-122H,1,17,23,25-41H2,2-12H3,(H,97,100)/b24-21+,42-18+/t47-,48-,49-,50+,51+,52+,53+,54+,55-,56+,57-,58+,59-,61+,62-,63+,64+,65+,66-,67+,68+,69+,70+,71-,72-,73-,74+,75-,76+,77+,78-,80-,81-,82-,83-,84-,85-,86-,87-,91+,92-,93+,94+,95+,96+/m0/s1. The van der Waals surface area contributed by atoms with E-state index in [1.165, 1.54) is 39.0 Å². The number of ether oxygens (including phenoxy) is 19. The molecule has 14 rings (SSSR count). The molecule has 45 heteroatoms. The van der Waals surface area contributed by atoms with Crippen LogP contribution in [0.2, 0.25) is 0 Å². The number of hydrogen-bond donors (Lipinski definition) is 21. The Balaban J connectivity index is 0.773. The van der Waals surface area contributed by atoms with Crippen LogP contribution in [-0.2, 0) is 114 Å². The Hall–Kier alpha value is -5.87. The number of amides is 1. The van der Waals surface area contributed by atoms with Gasteiger partial charge in [-0.3, -0.25) is 14.4 Å². The number of allylic oxidation sites excluding steroid dienone is 3. The van der Waals surface area contributed by atoms with Gasteiger partial charge in [0.05, 0.1) is 76.8 Å². The minimum atomic E-state index is -2.32. The second-order valence-corrected chi connectivity index (χ2v) is 42.5. The van der Waals surface area contributed by atoms with E-state index < -0.39 is 366 Å². The molecule has 45 atom stereocenters. The fraction of sp³-hybridized carbons (Fsp3) is 0.802. The SMILES string of the molecule is C=C[C@@](C)(O)CC/C=C(\C)C(=O)O[C@@H]1[C@@H](OC(=O)/C=C/c2ccccc2)[C@H](O[C@H]2[C@H](O)[C@@H](COC(C)=O)O[C@@H](OC(=O)[C@]34C[C@H](O)C(C)(C)C[C@H]3C3=CC[C@@H]5[C@@]6(C)CC[C@H](O[C@@H]7O[C@H](CO[C@@H]8OC[C@H](O)[C@H](O[C@@H]9OC[C@H](O)[C@H](O)[C@H]9O)[C@H]8O)[C@@H](O[C@@H]8O[C@H](CO)[C@@H](O)[C@H](O)[C@H]8O)[C@H](O)[C@H]7NC(C)=O)C(C)(C)[C@@H]6CC[C@@]5(C)[C@]3(C)C[C@H]4O)[C@@H]2O[C@@H]2OC[C@@H](O)[C@H](O[C@@H]3OC[C@](O)(CO)[C@H]3O)[C@H]2O)OC[C@H]1O. The lowest BCUT2D eigenvalue weighted by molar-refractivity contribution is -0.382. The lowest BCUT2D eigenvalue weighted by atomic mass is 9.33. The smallest absolute Gasteiger partial charge is 0.333 e. The van der Waals surface area contributed by atoms with Crippen molar-refractivity contribution in [3.05, 3.63) is 77.9 Å². The van der Waals surface area contributed by atoms with Crippen LogP contribution < -0.4 is 5.32 Å². The summed E-state index contributed by atoms with van der Waals surface area (Å²) in [5.74, 6) is -6.43. The summed E-state index contributed by atoms with van der Waals surface area (Å²) >= 11 is 0. The fourth-order valence-electron chi connectivity index (χ4n) is 23.8. The van der Waals surface area contributed by atoms with Crippen LogP contribution in [0, 0.1) is 50.2 Å². The van der Waals surface area contributed by atoms with Gasteiger partial charge in [-0.15, -0.1) is 6.58 Å². The maximum atomic E-state index is 16.8. The fourth-order valence-corrected chi connectivity index (χ4v) is 23.8. The maximum absolute atomic E-state index is 16.8. The van der Waals surface area contributed by atoms with Crippen LogP contribution in [0.4, 0.5) is 0 Å². The van der Waals surface area contributed by atoms with Crippen molar-refractivity contribution in [1.29, 1.82) is 0 Å². The van der Waals surface area contributed by atoms with Crippen LogP contribution >= 0.6 is 0 Å². The summed E-state index contributed by atoms with van der Waals surface area (Å²) in [5.41, 5.74) is -8.70. The highest BCUT2D eigenvalue weighted by molar-refractivity contribution is 5.88. The Kier molecular flexibility index (Phi) is 34.7. The Morgan fingerprint density at radius 2 is 1.14 bits per heavy atom. The molecule has 0 radical (unpaired) electrons. The van der Waals surface area contributed by atoms with E-state index in [4.69, 9.17) is 90.0 Å². The van der Waals surface area contributed by atoms with Gasteiger partial charge in [-0.2, -0.15) is 0 Å². The van der Waals surface area contributed by atoms with Crippen molar-refractivity contribution in [2.75, 3.05) is 59.5 Å². The van der Waals surface area contributed by atoms with Gasteiger partial charge in [-0.05, 0) is 135 Å². The number of nitrogens with one attached hydrogen (secondary N) is 1. The number of carbonyl (C=O) groups excluding carboxylic acids is 5. The average molecular weight is 2020 g/mol. The first-order chi connectivity index (χ1) is 66.3. The third-order valence-electron chi connectivity index (χ3n) is 32.4. The molecule has 12 fully saturated rings. The minimum absolute atomic E-state index is 0.0328. The number of carbonyl (C=O) groups is 5. The number of aliphatic hydroxyl groups excluding tert-OH is 18. The van der Waals surface area contributed by atoms with Crippen LogP contribution in [-0.4, -0.2) is 424 Å². The van der Waals surface area contributed by atoms with Gasteiger partial charge in [0.15, 0.2) is 62.3 Å². The van der Waals surface area contributed by atoms with Crippen LogP contribution in [0.3, 0.4) is 0 Å². The number of esters is 4. The molecule has 0 spiro atoms. The molecule has 5 aliphatic carbocycles. The first-order valence-corrected chi connectivity index (χ1v) is 48.2. The Morgan fingerprint density at radius 1 is 0.546 bits per heavy atom. The second-order valence-electron chi connectivity index (χ2n) is 42.5. The van der Waals surface area contributed by atoms with Gasteiger partial charge in [0.2, 0.25) is 12.2 Å². The van der Waals surface area contributed by atoms with E-state index in [1.54, 1.807) is 30.3 Å². The number of fused-ring (bicyclic) bond motifs is 7. The summed E-state index contributed by atoms with van der Waals surface area (Å²) in [7, 11) is 0. The molecule has 13 aliphatic rings. The maximum Gasteiger partial charge on any atom is 0.333 e. The first-order valence-electron chi connectivity index (χ1n) is 48.2. The van der Waals surface area contributed by atoms with Crippen molar-refractivity contribution >= 4 is 35.9 Å². The molecular weight excluding hydrogens is 1870 g/mol. The molecule has 141 heavy (non-hydrogen) atoms. The predicted molar refractivity (Wildman–Crippen MR) is 474 cm³/mol. The van der Waals surface area contributed by atoms with Gasteiger partial charge >= 0.3 is 23.9 Å². The molecule has 1 aromatic carbocycles. The van der Waals surface area contributed by atoms with E-state index >= 15 is 4.79 Å². The predicted octanol–water partition coefficient (Wildman–Crippen LogP) is -4.41. The van der Waals surface area contributed by atoms with Gasteiger partial charge in [0.1, 0.15) is 152 Å².